The van der Waals surface area contributed by atoms with E-state index in [2.05, 4.69) is 48.5 Å². The second-order valence-corrected chi connectivity index (χ2v) is 8.48. The lowest BCUT2D eigenvalue weighted by Crippen LogP contribution is -2.19. The Morgan fingerprint density at radius 3 is 2.48 bits per heavy atom. The zero-order valence-electron chi connectivity index (χ0n) is 16.7. The van der Waals surface area contributed by atoms with Gasteiger partial charge in [-0.15, -0.1) is 0 Å². The van der Waals surface area contributed by atoms with E-state index < -0.39 is 0 Å². The zero-order chi connectivity index (χ0) is 19.8. The number of aliphatic hydroxyl groups excluding tert-OH is 2. The predicted molar refractivity (Wildman–Crippen MR) is 119 cm³/mol. The van der Waals surface area contributed by atoms with Gasteiger partial charge >= 0.3 is 0 Å². The monoisotopic (exact) mass is 388 g/mol. The molecule has 1 aliphatic carbocycles. The molecule has 3 heteroatoms. The van der Waals surface area contributed by atoms with Crippen LogP contribution in [0.1, 0.15) is 36.3 Å². The number of aryl methyl sites for hydroxylation is 1. The van der Waals surface area contributed by atoms with Crippen molar-refractivity contribution in [2.45, 2.75) is 31.6 Å². The molecule has 29 heavy (non-hydrogen) atoms. The van der Waals surface area contributed by atoms with Gasteiger partial charge in [0.15, 0.2) is 0 Å². The quantitative estimate of drug-likeness (QED) is 0.346. The van der Waals surface area contributed by atoms with Gasteiger partial charge in [0, 0.05) is 12.5 Å². The van der Waals surface area contributed by atoms with Gasteiger partial charge in [-0.2, -0.15) is 0 Å². The van der Waals surface area contributed by atoms with Crippen LogP contribution in [0.2, 0.25) is 0 Å². The Bertz CT molecular complexity index is 1110. The normalized spacial score (nSPS) is 17.0. The molecule has 0 bridgehead atoms. The molecule has 0 radical (unpaired) electrons. The zero-order valence-corrected chi connectivity index (χ0v) is 16.7. The van der Waals surface area contributed by atoms with Crippen LogP contribution in [0.25, 0.3) is 32.3 Å². The lowest BCUT2D eigenvalue weighted by atomic mass is 9.77. The predicted octanol–water partition coefficient (Wildman–Crippen LogP) is 5.01. The topological polar surface area (TPSA) is 49.7 Å². The van der Waals surface area contributed by atoms with Gasteiger partial charge in [0.25, 0.3) is 0 Å². The van der Waals surface area contributed by atoms with E-state index in [1.165, 1.54) is 56.3 Å². The van der Waals surface area contributed by atoms with Gasteiger partial charge in [0.05, 0.1) is 19.8 Å². The molecule has 4 aromatic rings. The summed E-state index contributed by atoms with van der Waals surface area (Å²) in [5.74, 6) is 0.344. The summed E-state index contributed by atoms with van der Waals surface area (Å²) in [6.07, 6.45) is 4.56. The molecule has 0 fully saturated rings. The van der Waals surface area contributed by atoms with Crippen molar-refractivity contribution in [3.8, 4) is 0 Å². The largest absolute Gasteiger partial charge is 0.396 e. The molecule has 5 rings (SSSR count). The minimum absolute atomic E-state index is 0.0274. The molecular formula is C26H28O3. The van der Waals surface area contributed by atoms with Crippen molar-refractivity contribution in [2.75, 3.05) is 26.4 Å². The van der Waals surface area contributed by atoms with E-state index in [0.717, 1.165) is 12.8 Å². The molecule has 3 nitrogen and oxygen atoms in total. The number of fused-ring (bicyclic) bond motifs is 2. The van der Waals surface area contributed by atoms with E-state index in [4.69, 9.17) is 4.74 Å². The van der Waals surface area contributed by atoms with Crippen molar-refractivity contribution in [2.24, 2.45) is 5.92 Å². The van der Waals surface area contributed by atoms with Crippen LogP contribution in [0, 0.1) is 5.92 Å². The fourth-order valence-corrected chi connectivity index (χ4v) is 5.15. The molecule has 0 aliphatic heterocycles. The molecule has 0 aromatic heterocycles. The number of benzene rings is 4. The lowest BCUT2D eigenvalue weighted by molar-refractivity contribution is 0.0419. The molecule has 0 saturated carbocycles. The third-order valence-corrected chi connectivity index (χ3v) is 6.69. The van der Waals surface area contributed by atoms with Gasteiger partial charge in [0.2, 0.25) is 0 Å². The fraction of sp³-hybridized carbons (Fsp3) is 0.385. The Labute approximate surface area is 171 Å². The van der Waals surface area contributed by atoms with Crippen LogP contribution in [0.3, 0.4) is 0 Å². The summed E-state index contributed by atoms with van der Waals surface area (Å²) in [7, 11) is 0. The van der Waals surface area contributed by atoms with Crippen LogP contribution in [0.5, 0.6) is 0 Å². The van der Waals surface area contributed by atoms with E-state index in [1.54, 1.807) is 0 Å². The minimum atomic E-state index is -0.172. The average molecular weight is 389 g/mol. The van der Waals surface area contributed by atoms with Gasteiger partial charge < -0.3 is 14.9 Å². The summed E-state index contributed by atoms with van der Waals surface area (Å²) in [5, 5.41) is 26.6. The maximum Gasteiger partial charge on any atom is 0.0538 e. The van der Waals surface area contributed by atoms with Gasteiger partial charge in [-0.3, -0.25) is 0 Å². The van der Waals surface area contributed by atoms with E-state index >= 15 is 0 Å². The van der Waals surface area contributed by atoms with Crippen molar-refractivity contribution in [1.29, 1.82) is 0 Å². The molecule has 0 heterocycles. The maximum atomic E-state index is 9.20. The van der Waals surface area contributed by atoms with Crippen LogP contribution < -0.4 is 0 Å². The molecule has 1 unspecified atom stereocenters. The Hall–Kier alpha value is -2.20. The van der Waals surface area contributed by atoms with Crippen molar-refractivity contribution in [3.05, 3.63) is 59.7 Å². The van der Waals surface area contributed by atoms with Crippen molar-refractivity contribution < 1.29 is 14.9 Å². The summed E-state index contributed by atoms with van der Waals surface area (Å²) < 4.78 is 5.77. The van der Waals surface area contributed by atoms with Crippen molar-refractivity contribution in [3.63, 3.8) is 0 Å². The Kier molecular flexibility index (Phi) is 5.13. The van der Waals surface area contributed by atoms with E-state index in [1.807, 2.05) is 0 Å². The van der Waals surface area contributed by atoms with Crippen LogP contribution in [-0.2, 0) is 11.2 Å². The molecule has 1 atom stereocenters. The summed E-state index contributed by atoms with van der Waals surface area (Å²) in [5.41, 5.74) is 3.02. The molecule has 2 N–H and O–H groups in total. The van der Waals surface area contributed by atoms with Gasteiger partial charge in [-0.1, -0.05) is 48.5 Å². The Morgan fingerprint density at radius 1 is 0.931 bits per heavy atom. The molecule has 0 saturated heterocycles. The third-order valence-electron chi connectivity index (χ3n) is 6.69. The van der Waals surface area contributed by atoms with E-state index in [0.29, 0.717) is 19.1 Å². The van der Waals surface area contributed by atoms with Crippen LogP contribution in [-0.4, -0.2) is 36.6 Å². The molecular weight excluding hydrogens is 360 g/mol. The SMILES string of the molecule is OCC(CO)COCCC1CCCc2c1cc1ccc3cccc4ccc2c1c34. The second-order valence-electron chi connectivity index (χ2n) is 8.48. The van der Waals surface area contributed by atoms with Gasteiger partial charge in [-0.05, 0) is 75.0 Å². The smallest absolute Gasteiger partial charge is 0.0538 e. The van der Waals surface area contributed by atoms with Crippen LogP contribution in [0.15, 0.2) is 48.5 Å². The summed E-state index contributed by atoms with van der Waals surface area (Å²) in [6, 6.07) is 18.1. The number of hydrogen-bond donors (Lipinski definition) is 2. The Balaban J connectivity index is 1.49. The summed E-state index contributed by atoms with van der Waals surface area (Å²) >= 11 is 0. The third kappa shape index (κ3) is 3.28. The van der Waals surface area contributed by atoms with Gasteiger partial charge in [0.1, 0.15) is 0 Å². The highest BCUT2D eigenvalue weighted by molar-refractivity contribution is 6.23. The summed E-state index contributed by atoms with van der Waals surface area (Å²) in [6.45, 7) is 1.04. The first-order valence-electron chi connectivity index (χ1n) is 10.8. The highest BCUT2D eigenvalue weighted by Gasteiger charge is 2.24. The number of hydrogen-bond acceptors (Lipinski definition) is 3. The first-order valence-corrected chi connectivity index (χ1v) is 10.8. The van der Waals surface area contributed by atoms with Crippen LogP contribution in [0.4, 0.5) is 0 Å². The van der Waals surface area contributed by atoms with E-state index in [9.17, 15) is 10.2 Å². The van der Waals surface area contributed by atoms with Crippen LogP contribution >= 0.6 is 0 Å². The first-order chi connectivity index (χ1) is 14.3. The molecule has 0 amide bonds. The van der Waals surface area contributed by atoms with Crippen molar-refractivity contribution >= 4 is 32.3 Å². The van der Waals surface area contributed by atoms with E-state index in [-0.39, 0.29) is 19.1 Å². The second kappa shape index (κ2) is 7.91. The average Bonchev–Trinajstić information content (AvgIpc) is 2.77. The standard InChI is InChI=1S/C26H28O3/c27-14-17(15-28)16-29-12-11-18-3-2-6-22-23-10-9-20-5-1-4-19-7-8-21(13-24(18)22)26(23)25(19)20/h1,4-5,7-10,13,17-18,27-28H,2-3,6,11-12,14-16H2. The van der Waals surface area contributed by atoms with Crippen molar-refractivity contribution in [1.82, 2.24) is 0 Å². The number of aliphatic hydroxyl groups is 2. The highest BCUT2D eigenvalue weighted by atomic mass is 16.5. The number of rotatable bonds is 7. The molecule has 4 aromatic carbocycles. The maximum absolute atomic E-state index is 9.20. The highest BCUT2D eigenvalue weighted by Crippen LogP contribution is 2.43. The minimum Gasteiger partial charge on any atom is -0.396 e. The fourth-order valence-electron chi connectivity index (χ4n) is 5.15. The Morgan fingerprint density at radius 2 is 1.69 bits per heavy atom. The molecule has 150 valence electrons. The first kappa shape index (κ1) is 18.8. The van der Waals surface area contributed by atoms with Gasteiger partial charge in [-0.25, -0.2) is 0 Å². The summed E-state index contributed by atoms with van der Waals surface area (Å²) in [4.78, 5) is 0. The number of ether oxygens (including phenoxy) is 1. The lowest BCUT2D eigenvalue weighted by Gasteiger charge is -2.28. The molecule has 0 spiro atoms. The molecule has 1 aliphatic rings.